The van der Waals surface area contributed by atoms with Gasteiger partial charge in [0.25, 0.3) is 5.91 Å². The lowest BCUT2D eigenvalue weighted by atomic mass is 10.0. The summed E-state index contributed by atoms with van der Waals surface area (Å²) in [5.41, 5.74) is 0.755. The Morgan fingerprint density at radius 1 is 1.10 bits per heavy atom. The number of ether oxygens (including phenoxy) is 3. The van der Waals surface area contributed by atoms with E-state index in [4.69, 9.17) is 9.47 Å². The molecule has 21 heavy (non-hydrogen) atoms. The van der Waals surface area contributed by atoms with Gasteiger partial charge in [0.1, 0.15) is 17.6 Å². The molecule has 0 aliphatic carbocycles. The van der Waals surface area contributed by atoms with Gasteiger partial charge >= 0.3 is 5.97 Å². The highest BCUT2D eigenvalue weighted by molar-refractivity contribution is 6.18. The number of methoxy groups -OCH3 is 3. The molecule has 0 aromatic heterocycles. The number of likely N-dealkylation sites (N-methyl/N-ethyl adjacent to an activating group) is 1. The number of carbonyl (C=O) groups excluding carboxylic acids is 2. The number of hydrogen-bond donors (Lipinski definition) is 0. The maximum atomic E-state index is 12.2. The predicted octanol–water partition coefficient (Wildman–Crippen LogP) is 1.28. The first-order valence-electron chi connectivity index (χ1n) is 6.32. The van der Waals surface area contributed by atoms with E-state index in [9.17, 15) is 9.59 Å². The van der Waals surface area contributed by atoms with Crippen molar-refractivity contribution in [3.63, 3.8) is 0 Å². The van der Waals surface area contributed by atoms with Crippen molar-refractivity contribution in [2.75, 3.05) is 28.4 Å². The maximum absolute atomic E-state index is 12.2. The summed E-state index contributed by atoms with van der Waals surface area (Å²) in [6.45, 7) is 0. The van der Waals surface area contributed by atoms with Crippen LogP contribution in [0.3, 0.4) is 0 Å². The van der Waals surface area contributed by atoms with E-state index < -0.39 is 17.9 Å². The molecule has 1 heterocycles. The number of rotatable bonds is 4. The highest BCUT2D eigenvalue weighted by Crippen LogP contribution is 2.37. The first kappa shape index (κ1) is 14.9. The van der Waals surface area contributed by atoms with Crippen molar-refractivity contribution in [3.05, 3.63) is 41.2 Å². The van der Waals surface area contributed by atoms with Crippen molar-refractivity contribution in [1.29, 1.82) is 0 Å². The molecular weight excluding hydrogens is 274 g/mol. The Kier molecular flexibility index (Phi) is 4.16. The van der Waals surface area contributed by atoms with Crippen LogP contribution < -0.4 is 4.74 Å². The number of nitrogens with zero attached hydrogens (tertiary/aromatic N) is 1. The van der Waals surface area contributed by atoms with Crippen LogP contribution in [0.2, 0.25) is 0 Å². The van der Waals surface area contributed by atoms with Crippen molar-refractivity contribution >= 4 is 11.9 Å². The van der Waals surface area contributed by atoms with Crippen molar-refractivity contribution < 1.29 is 23.8 Å². The maximum Gasteiger partial charge on any atom is 0.347 e. The summed E-state index contributed by atoms with van der Waals surface area (Å²) in [4.78, 5) is 25.5. The average molecular weight is 291 g/mol. The molecule has 0 fully saturated rings. The minimum absolute atomic E-state index is 0.0664. The molecule has 1 aliphatic heterocycles. The summed E-state index contributed by atoms with van der Waals surface area (Å²) in [7, 11) is 5.86. The van der Waals surface area contributed by atoms with E-state index >= 15 is 0 Å². The third-order valence-corrected chi connectivity index (χ3v) is 3.46. The van der Waals surface area contributed by atoms with E-state index in [0.717, 1.165) is 5.56 Å². The zero-order valence-electron chi connectivity index (χ0n) is 12.4. The van der Waals surface area contributed by atoms with E-state index in [1.165, 1.54) is 19.1 Å². The summed E-state index contributed by atoms with van der Waals surface area (Å²) < 4.78 is 15.1. The van der Waals surface area contributed by atoms with Gasteiger partial charge in [-0.2, -0.15) is 0 Å². The normalized spacial score (nSPS) is 18.0. The second-order valence-electron chi connectivity index (χ2n) is 4.53. The molecule has 2 rings (SSSR count). The van der Waals surface area contributed by atoms with Gasteiger partial charge in [-0.1, -0.05) is 12.1 Å². The lowest BCUT2D eigenvalue weighted by Gasteiger charge is -2.22. The van der Waals surface area contributed by atoms with E-state index in [-0.39, 0.29) is 5.57 Å². The molecule has 0 saturated heterocycles. The summed E-state index contributed by atoms with van der Waals surface area (Å²) in [5.74, 6) is -0.111. The van der Waals surface area contributed by atoms with Crippen molar-refractivity contribution in [2.45, 2.75) is 6.04 Å². The molecule has 0 N–H and O–H groups in total. The summed E-state index contributed by atoms with van der Waals surface area (Å²) in [6, 6.07) is 6.77. The highest BCUT2D eigenvalue weighted by atomic mass is 16.5. The Morgan fingerprint density at radius 3 is 2.19 bits per heavy atom. The van der Waals surface area contributed by atoms with Gasteiger partial charge in [0.05, 0.1) is 21.3 Å². The fourth-order valence-corrected chi connectivity index (χ4v) is 2.38. The molecular formula is C15H17NO5. The molecule has 0 radical (unpaired) electrons. The molecule has 1 aromatic carbocycles. The van der Waals surface area contributed by atoms with Crippen LogP contribution in [0.15, 0.2) is 35.6 Å². The molecule has 0 saturated carbocycles. The van der Waals surface area contributed by atoms with Gasteiger partial charge in [-0.3, -0.25) is 4.79 Å². The fourth-order valence-electron chi connectivity index (χ4n) is 2.38. The second kappa shape index (κ2) is 5.87. The number of carbonyl (C=O) groups is 2. The molecule has 1 amide bonds. The van der Waals surface area contributed by atoms with Crippen LogP contribution in [0, 0.1) is 0 Å². The van der Waals surface area contributed by atoms with Gasteiger partial charge in [-0.05, 0) is 17.7 Å². The minimum Gasteiger partial charge on any atom is -0.497 e. The topological polar surface area (TPSA) is 65.1 Å². The Labute approximate surface area is 122 Å². The Bertz CT molecular complexity index is 591. The van der Waals surface area contributed by atoms with Crippen LogP contribution >= 0.6 is 0 Å². The van der Waals surface area contributed by atoms with Crippen molar-refractivity contribution in [3.8, 4) is 5.75 Å². The summed E-state index contributed by atoms with van der Waals surface area (Å²) >= 11 is 0. The molecule has 1 aromatic rings. The Morgan fingerprint density at radius 2 is 1.71 bits per heavy atom. The van der Waals surface area contributed by atoms with E-state index in [1.54, 1.807) is 26.3 Å². The number of esters is 1. The number of amides is 1. The van der Waals surface area contributed by atoms with Crippen LogP contribution in [0.5, 0.6) is 5.75 Å². The van der Waals surface area contributed by atoms with E-state index in [1.807, 2.05) is 12.1 Å². The molecule has 0 bridgehead atoms. The third kappa shape index (κ3) is 2.44. The molecule has 6 nitrogen and oxygen atoms in total. The van der Waals surface area contributed by atoms with E-state index in [2.05, 4.69) is 4.74 Å². The Hall–Kier alpha value is -2.50. The van der Waals surface area contributed by atoms with Crippen LogP contribution in [0.25, 0.3) is 0 Å². The monoisotopic (exact) mass is 291 g/mol. The molecule has 6 heteroatoms. The van der Waals surface area contributed by atoms with Gasteiger partial charge in [-0.25, -0.2) is 4.79 Å². The third-order valence-electron chi connectivity index (χ3n) is 3.46. The lowest BCUT2D eigenvalue weighted by molar-refractivity contribution is -0.139. The zero-order valence-corrected chi connectivity index (χ0v) is 12.4. The summed E-state index contributed by atoms with van der Waals surface area (Å²) in [5, 5.41) is 0. The minimum atomic E-state index is -0.695. The van der Waals surface area contributed by atoms with Crippen molar-refractivity contribution in [2.24, 2.45) is 0 Å². The van der Waals surface area contributed by atoms with Crippen LogP contribution in [-0.4, -0.2) is 45.2 Å². The standard InChI is InChI=1S/C15H17NO5/c1-16-12(9-5-7-10(19-2)8-6-9)13(20-3)11(14(16)17)15(18)21-4/h5-8,12H,1-4H3. The zero-order chi connectivity index (χ0) is 15.6. The van der Waals surface area contributed by atoms with Crippen LogP contribution in [0.1, 0.15) is 11.6 Å². The average Bonchev–Trinajstić information content (AvgIpc) is 2.78. The molecule has 1 atom stereocenters. The molecule has 1 aliphatic rings. The van der Waals surface area contributed by atoms with Gasteiger partial charge in [0, 0.05) is 7.05 Å². The van der Waals surface area contributed by atoms with Gasteiger partial charge < -0.3 is 19.1 Å². The lowest BCUT2D eigenvalue weighted by Crippen LogP contribution is -2.27. The van der Waals surface area contributed by atoms with Gasteiger partial charge in [0.15, 0.2) is 5.57 Å². The Balaban J connectivity index is 2.48. The smallest absolute Gasteiger partial charge is 0.347 e. The largest absolute Gasteiger partial charge is 0.497 e. The SMILES string of the molecule is COC(=O)C1=C(OC)C(c2ccc(OC)cc2)N(C)C1=O. The van der Waals surface area contributed by atoms with Crippen LogP contribution in [-0.2, 0) is 19.1 Å². The fraction of sp³-hybridized carbons (Fsp3) is 0.333. The second-order valence-corrected chi connectivity index (χ2v) is 4.53. The molecule has 0 spiro atoms. The number of benzene rings is 1. The molecule has 1 unspecified atom stereocenters. The first-order chi connectivity index (χ1) is 10.0. The predicted molar refractivity (Wildman–Crippen MR) is 74.6 cm³/mol. The van der Waals surface area contributed by atoms with Crippen molar-refractivity contribution in [1.82, 2.24) is 4.90 Å². The van der Waals surface area contributed by atoms with Crippen LogP contribution in [0.4, 0.5) is 0 Å². The quantitative estimate of drug-likeness (QED) is 0.617. The number of hydrogen-bond acceptors (Lipinski definition) is 5. The van der Waals surface area contributed by atoms with Gasteiger partial charge in [0.2, 0.25) is 0 Å². The summed E-state index contributed by atoms with van der Waals surface area (Å²) in [6.07, 6.45) is 0. The highest BCUT2D eigenvalue weighted by Gasteiger charge is 2.43. The first-order valence-corrected chi connectivity index (χ1v) is 6.32. The van der Waals surface area contributed by atoms with Gasteiger partial charge in [-0.15, -0.1) is 0 Å². The van der Waals surface area contributed by atoms with E-state index in [0.29, 0.717) is 11.5 Å². The molecule has 112 valence electrons.